The average Bonchev–Trinajstić information content (AvgIpc) is 2.46. The fraction of sp³-hybridized carbons (Fsp3) is 0.600. The van der Waals surface area contributed by atoms with Crippen LogP contribution in [0.5, 0.6) is 5.75 Å². The van der Waals surface area contributed by atoms with Crippen LogP contribution in [0.4, 0.5) is 30.7 Å². The van der Waals surface area contributed by atoms with Crippen LogP contribution in [0.3, 0.4) is 0 Å². The summed E-state index contributed by atoms with van der Waals surface area (Å²) in [7, 11) is 0. The number of hydrogen-bond acceptors (Lipinski definition) is 2. The predicted molar refractivity (Wildman–Crippen MR) is 72.1 cm³/mol. The summed E-state index contributed by atoms with van der Waals surface area (Å²) in [5, 5.41) is 0. The fourth-order valence-corrected chi connectivity index (χ4v) is 1.72. The van der Waals surface area contributed by atoms with Crippen LogP contribution in [0.2, 0.25) is 0 Å². The largest absolute Gasteiger partial charge is 0.459 e. The van der Waals surface area contributed by atoms with Gasteiger partial charge in [0.25, 0.3) is 0 Å². The summed E-state index contributed by atoms with van der Waals surface area (Å²) in [4.78, 5) is 0. The molecule has 0 aromatic heterocycles. The van der Waals surface area contributed by atoms with Crippen molar-refractivity contribution in [1.82, 2.24) is 0 Å². The molecule has 1 aromatic carbocycles. The SMILES string of the molecule is CCC(C)c1cc(F)c(OC(C)OCC(F)(F)C(F)(F)F)c(F)c1. The van der Waals surface area contributed by atoms with E-state index in [-0.39, 0.29) is 5.92 Å². The van der Waals surface area contributed by atoms with Gasteiger partial charge in [-0.2, -0.15) is 22.0 Å². The maximum atomic E-state index is 13.9. The number of ether oxygens (including phenoxy) is 2. The van der Waals surface area contributed by atoms with Crippen molar-refractivity contribution < 1.29 is 40.2 Å². The molecule has 2 atom stereocenters. The van der Waals surface area contributed by atoms with Crippen molar-refractivity contribution in [3.8, 4) is 5.75 Å². The molecule has 0 fully saturated rings. The molecule has 0 saturated heterocycles. The summed E-state index contributed by atoms with van der Waals surface area (Å²) in [5.41, 5.74) is 0.372. The Balaban J connectivity index is 2.79. The minimum atomic E-state index is -5.79. The average molecular weight is 362 g/mol. The molecule has 0 N–H and O–H groups in total. The standard InChI is InChI=1S/C15H17F7O2/c1-4-8(2)10-5-11(16)13(12(17)6-10)24-9(3)23-7-14(18,19)15(20,21)22/h5-6,8-9H,4,7H2,1-3H3. The predicted octanol–water partition coefficient (Wildman–Crippen LogP) is 5.42. The highest BCUT2D eigenvalue weighted by atomic mass is 19.4. The fourth-order valence-electron chi connectivity index (χ4n) is 1.72. The number of alkyl halides is 5. The molecule has 138 valence electrons. The van der Waals surface area contributed by atoms with Gasteiger partial charge in [-0.1, -0.05) is 13.8 Å². The van der Waals surface area contributed by atoms with Crippen LogP contribution < -0.4 is 4.74 Å². The van der Waals surface area contributed by atoms with Crippen LogP contribution in [0.25, 0.3) is 0 Å². The molecule has 0 bridgehead atoms. The topological polar surface area (TPSA) is 18.5 Å². The van der Waals surface area contributed by atoms with Gasteiger partial charge >= 0.3 is 12.1 Å². The number of halogens is 7. The van der Waals surface area contributed by atoms with Gasteiger partial charge in [-0.3, -0.25) is 0 Å². The molecular weight excluding hydrogens is 345 g/mol. The first-order chi connectivity index (χ1) is 10.9. The normalized spacial score (nSPS) is 15.2. The van der Waals surface area contributed by atoms with Crippen molar-refractivity contribution in [2.24, 2.45) is 0 Å². The molecule has 0 saturated carbocycles. The molecular formula is C15H17F7O2. The highest BCUT2D eigenvalue weighted by Crippen LogP contribution is 2.36. The van der Waals surface area contributed by atoms with Gasteiger partial charge in [0.05, 0.1) is 0 Å². The zero-order valence-corrected chi connectivity index (χ0v) is 13.2. The quantitative estimate of drug-likeness (QED) is 0.476. The lowest BCUT2D eigenvalue weighted by Crippen LogP contribution is -2.42. The van der Waals surface area contributed by atoms with Crippen LogP contribution in [0.15, 0.2) is 12.1 Å². The molecule has 0 radical (unpaired) electrons. The van der Waals surface area contributed by atoms with Gasteiger partial charge in [0.1, 0.15) is 6.61 Å². The van der Waals surface area contributed by atoms with E-state index in [0.717, 1.165) is 19.1 Å². The number of hydrogen-bond donors (Lipinski definition) is 0. The second kappa shape index (κ2) is 7.58. The molecule has 9 heteroatoms. The first kappa shape index (κ1) is 20.5. The van der Waals surface area contributed by atoms with Crippen molar-refractivity contribution in [3.05, 3.63) is 29.3 Å². The summed E-state index contributed by atoms with van der Waals surface area (Å²) in [6.45, 7) is 2.50. The highest BCUT2D eigenvalue weighted by molar-refractivity contribution is 5.33. The van der Waals surface area contributed by atoms with E-state index in [4.69, 9.17) is 0 Å². The molecule has 0 spiro atoms. The van der Waals surface area contributed by atoms with Gasteiger partial charge in [-0.25, -0.2) is 8.78 Å². The van der Waals surface area contributed by atoms with E-state index in [1.54, 1.807) is 6.92 Å². The molecule has 1 aromatic rings. The summed E-state index contributed by atoms with van der Waals surface area (Å²) in [6.07, 6.45) is -6.87. The van der Waals surface area contributed by atoms with Crippen molar-refractivity contribution >= 4 is 0 Å². The van der Waals surface area contributed by atoms with E-state index in [2.05, 4.69) is 9.47 Å². The highest BCUT2D eigenvalue weighted by Gasteiger charge is 2.57. The lowest BCUT2D eigenvalue weighted by Gasteiger charge is -2.22. The van der Waals surface area contributed by atoms with Crippen molar-refractivity contribution in [2.45, 2.75) is 51.5 Å². The summed E-state index contributed by atoms with van der Waals surface area (Å²) < 4.78 is 98.1. The van der Waals surface area contributed by atoms with E-state index in [0.29, 0.717) is 12.0 Å². The van der Waals surface area contributed by atoms with Crippen molar-refractivity contribution in [3.63, 3.8) is 0 Å². The minimum Gasteiger partial charge on any atom is -0.459 e. The molecule has 24 heavy (non-hydrogen) atoms. The van der Waals surface area contributed by atoms with Gasteiger partial charge < -0.3 is 9.47 Å². The Morgan fingerprint density at radius 3 is 1.92 bits per heavy atom. The molecule has 2 unspecified atom stereocenters. The molecule has 0 heterocycles. The van der Waals surface area contributed by atoms with Crippen LogP contribution in [-0.2, 0) is 4.74 Å². The van der Waals surface area contributed by atoms with Gasteiger partial charge in [0.15, 0.2) is 23.7 Å². The van der Waals surface area contributed by atoms with Crippen LogP contribution in [0.1, 0.15) is 38.7 Å². The van der Waals surface area contributed by atoms with E-state index in [9.17, 15) is 30.7 Å². The first-order valence-electron chi connectivity index (χ1n) is 7.10. The number of benzene rings is 1. The Kier molecular flexibility index (Phi) is 6.49. The molecule has 0 aliphatic carbocycles. The van der Waals surface area contributed by atoms with Crippen LogP contribution >= 0.6 is 0 Å². The van der Waals surface area contributed by atoms with E-state index >= 15 is 0 Å². The molecule has 0 amide bonds. The second-order valence-corrected chi connectivity index (χ2v) is 5.32. The zero-order chi connectivity index (χ0) is 18.7. The Morgan fingerprint density at radius 1 is 1.00 bits per heavy atom. The van der Waals surface area contributed by atoms with Crippen LogP contribution in [-0.4, -0.2) is 25.0 Å². The van der Waals surface area contributed by atoms with E-state index in [1.807, 2.05) is 6.92 Å². The molecule has 0 aliphatic rings. The lowest BCUT2D eigenvalue weighted by atomic mass is 9.98. The van der Waals surface area contributed by atoms with E-state index < -0.39 is 42.4 Å². The van der Waals surface area contributed by atoms with Gasteiger partial charge in [0, 0.05) is 0 Å². The maximum Gasteiger partial charge on any atom is 0.455 e. The maximum absolute atomic E-state index is 13.9. The third-order valence-electron chi connectivity index (χ3n) is 3.40. The third kappa shape index (κ3) is 4.99. The summed E-state index contributed by atoms with van der Waals surface area (Å²) >= 11 is 0. The molecule has 0 aliphatic heterocycles. The Labute approximate surface area is 134 Å². The second-order valence-electron chi connectivity index (χ2n) is 5.32. The minimum absolute atomic E-state index is 0.123. The number of rotatable bonds is 7. The monoisotopic (exact) mass is 362 g/mol. The Morgan fingerprint density at radius 2 is 1.50 bits per heavy atom. The summed E-state index contributed by atoms with van der Waals surface area (Å²) in [5.74, 6) is -8.30. The Hall–Kier alpha value is -1.51. The molecule has 1 rings (SSSR count). The smallest absolute Gasteiger partial charge is 0.455 e. The van der Waals surface area contributed by atoms with Crippen molar-refractivity contribution in [1.29, 1.82) is 0 Å². The summed E-state index contributed by atoms with van der Waals surface area (Å²) in [6, 6.07) is 2.03. The third-order valence-corrected chi connectivity index (χ3v) is 3.40. The van der Waals surface area contributed by atoms with Crippen LogP contribution in [0, 0.1) is 11.6 Å². The van der Waals surface area contributed by atoms with Gasteiger partial charge in [0.2, 0.25) is 0 Å². The Bertz CT molecular complexity index is 534. The lowest BCUT2D eigenvalue weighted by molar-refractivity contribution is -0.305. The zero-order valence-electron chi connectivity index (χ0n) is 13.2. The first-order valence-corrected chi connectivity index (χ1v) is 7.10. The molecule has 2 nitrogen and oxygen atoms in total. The van der Waals surface area contributed by atoms with E-state index in [1.165, 1.54) is 0 Å². The van der Waals surface area contributed by atoms with Crippen molar-refractivity contribution in [2.75, 3.05) is 6.61 Å². The van der Waals surface area contributed by atoms with Gasteiger partial charge in [-0.15, -0.1) is 0 Å². The van der Waals surface area contributed by atoms with Gasteiger partial charge in [-0.05, 0) is 37.0 Å².